The number of aromatic nitrogens is 2. The maximum atomic E-state index is 5.46. The fourth-order valence-electron chi connectivity index (χ4n) is 1.93. The molecule has 112 valence electrons. The summed E-state index contributed by atoms with van der Waals surface area (Å²) in [6, 6.07) is 8.10. The number of hydrogen-bond acceptors (Lipinski definition) is 2. The van der Waals surface area contributed by atoms with Gasteiger partial charge in [0.05, 0.1) is 16.7 Å². The Hall–Kier alpha value is -1.40. The topological polar surface area (TPSA) is 33.1 Å². The van der Waals surface area contributed by atoms with Crippen LogP contribution in [0.2, 0.25) is 0 Å². The van der Waals surface area contributed by atoms with Crippen molar-refractivity contribution < 1.29 is 0 Å². The van der Waals surface area contributed by atoms with Crippen molar-refractivity contribution in [2.24, 2.45) is 0 Å². The molecule has 1 aromatic heterocycles. The third-order valence-electron chi connectivity index (χ3n) is 3.23. The molecular weight excluding hydrogens is 348 g/mol. The number of rotatable bonds is 4. The fourth-order valence-corrected chi connectivity index (χ4v) is 2.54. The zero-order valence-corrected chi connectivity index (χ0v) is 14.8. The number of nitrogens with one attached hydrogen (secondary N) is 1. The van der Waals surface area contributed by atoms with Crippen molar-refractivity contribution in [3.05, 3.63) is 46.2 Å². The summed E-state index contributed by atoms with van der Waals surface area (Å²) in [5.74, 6) is 0. The molecule has 21 heavy (non-hydrogen) atoms. The highest BCUT2D eigenvalue weighted by Gasteiger charge is 2.12. The number of anilines is 1. The molecule has 0 aliphatic rings. The minimum Gasteiger partial charge on any atom is -0.346 e. The van der Waals surface area contributed by atoms with Crippen LogP contribution in [0.4, 0.5) is 5.69 Å². The minimum atomic E-state index is 0.658. The van der Waals surface area contributed by atoms with Gasteiger partial charge in [-0.15, -0.1) is 0 Å². The molecule has 0 spiro atoms. The molecule has 0 atom stereocenters. The average Bonchev–Trinajstić information content (AvgIpc) is 2.82. The second kappa shape index (κ2) is 7.04. The van der Waals surface area contributed by atoms with Gasteiger partial charge in [-0.25, -0.2) is 0 Å². The van der Waals surface area contributed by atoms with Crippen LogP contribution in [0, 0.1) is 6.92 Å². The van der Waals surface area contributed by atoms with Crippen LogP contribution in [0.3, 0.4) is 0 Å². The predicted octanol–water partition coefficient (Wildman–Crippen LogP) is 3.80. The summed E-state index contributed by atoms with van der Waals surface area (Å²) in [6.45, 7) is 5.64. The van der Waals surface area contributed by atoms with Crippen molar-refractivity contribution in [3.63, 3.8) is 0 Å². The summed E-state index contributed by atoms with van der Waals surface area (Å²) in [7, 11) is 1.96. The van der Waals surface area contributed by atoms with Crippen molar-refractivity contribution >= 4 is 38.9 Å². The molecule has 0 aliphatic heterocycles. The standard InChI is InChI=1S/C15H19BrN4S/c1-4-20-9-12(16)14(18-20)10-19(3)15(21)17-13-8-6-5-7-11(13)2/h5-9H,4,10H2,1-3H3,(H,17,21). The van der Waals surface area contributed by atoms with Crippen molar-refractivity contribution in [2.45, 2.75) is 26.9 Å². The van der Waals surface area contributed by atoms with Crippen LogP contribution in [0.15, 0.2) is 34.9 Å². The number of nitrogens with zero attached hydrogens (tertiary/aromatic N) is 3. The van der Waals surface area contributed by atoms with E-state index in [0.29, 0.717) is 11.7 Å². The van der Waals surface area contributed by atoms with Crippen LogP contribution in [0.5, 0.6) is 0 Å². The van der Waals surface area contributed by atoms with E-state index in [2.05, 4.69) is 46.3 Å². The summed E-state index contributed by atoms with van der Waals surface area (Å²) in [4.78, 5) is 1.98. The molecule has 6 heteroatoms. The van der Waals surface area contributed by atoms with Crippen LogP contribution in [-0.2, 0) is 13.1 Å². The Morgan fingerprint density at radius 3 is 2.76 bits per heavy atom. The molecule has 1 N–H and O–H groups in total. The third kappa shape index (κ3) is 4.04. The molecule has 0 radical (unpaired) electrons. The number of para-hydroxylation sites is 1. The van der Waals surface area contributed by atoms with E-state index in [9.17, 15) is 0 Å². The van der Waals surface area contributed by atoms with Gasteiger partial charge in [0.1, 0.15) is 0 Å². The van der Waals surface area contributed by atoms with Crippen LogP contribution in [0.25, 0.3) is 0 Å². The van der Waals surface area contributed by atoms with Crippen molar-refractivity contribution in [1.82, 2.24) is 14.7 Å². The monoisotopic (exact) mass is 366 g/mol. The molecule has 1 heterocycles. The lowest BCUT2D eigenvalue weighted by molar-refractivity contribution is 0.491. The van der Waals surface area contributed by atoms with Gasteiger partial charge in [0, 0.05) is 25.5 Å². The van der Waals surface area contributed by atoms with Crippen molar-refractivity contribution in [3.8, 4) is 0 Å². The first-order chi connectivity index (χ1) is 10.0. The molecule has 0 saturated heterocycles. The second-order valence-electron chi connectivity index (χ2n) is 4.88. The van der Waals surface area contributed by atoms with Crippen molar-refractivity contribution in [1.29, 1.82) is 0 Å². The maximum absolute atomic E-state index is 5.46. The number of halogens is 1. The van der Waals surface area contributed by atoms with E-state index in [-0.39, 0.29) is 0 Å². The van der Waals surface area contributed by atoms with Gasteiger partial charge in [-0.2, -0.15) is 5.10 Å². The SMILES string of the molecule is CCn1cc(Br)c(CN(C)C(=S)Nc2ccccc2C)n1. The largest absolute Gasteiger partial charge is 0.346 e. The smallest absolute Gasteiger partial charge is 0.173 e. The van der Waals surface area contributed by atoms with Gasteiger partial charge in [0.2, 0.25) is 0 Å². The van der Waals surface area contributed by atoms with E-state index in [1.54, 1.807) is 0 Å². The van der Waals surface area contributed by atoms with E-state index < -0.39 is 0 Å². The molecule has 0 bridgehead atoms. The summed E-state index contributed by atoms with van der Waals surface area (Å²) in [6.07, 6.45) is 1.99. The highest BCUT2D eigenvalue weighted by molar-refractivity contribution is 9.10. The number of aryl methyl sites for hydroxylation is 2. The average molecular weight is 367 g/mol. The molecule has 0 aliphatic carbocycles. The predicted molar refractivity (Wildman–Crippen MR) is 94.5 cm³/mol. The zero-order chi connectivity index (χ0) is 15.4. The zero-order valence-electron chi connectivity index (χ0n) is 12.4. The highest BCUT2D eigenvalue weighted by Crippen LogP contribution is 2.18. The Kier molecular flexibility index (Phi) is 5.36. The van der Waals surface area contributed by atoms with Crippen LogP contribution in [0.1, 0.15) is 18.2 Å². The number of hydrogen-bond donors (Lipinski definition) is 1. The van der Waals surface area contributed by atoms with Crippen LogP contribution >= 0.6 is 28.1 Å². The molecule has 0 amide bonds. The van der Waals surface area contributed by atoms with E-state index >= 15 is 0 Å². The van der Waals surface area contributed by atoms with E-state index in [0.717, 1.165) is 22.4 Å². The van der Waals surface area contributed by atoms with E-state index in [4.69, 9.17) is 12.2 Å². The molecule has 1 aromatic carbocycles. The first-order valence-corrected chi connectivity index (χ1v) is 8.01. The van der Waals surface area contributed by atoms with Gasteiger partial charge in [0.25, 0.3) is 0 Å². The Morgan fingerprint density at radius 2 is 2.14 bits per heavy atom. The van der Waals surface area contributed by atoms with Crippen LogP contribution < -0.4 is 5.32 Å². The fraction of sp³-hybridized carbons (Fsp3) is 0.333. The second-order valence-corrected chi connectivity index (χ2v) is 6.12. The molecular formula is C15H19BrN4S. The lowest BCUT2D eigenvalue weighted by Gasteiger charge is -2.21. The first kappa shape index (κ1) is 16.0. The summed E-state index contributed by atoms with van der Waals surface area (Å²) >= 11 is 9.00. The first-order valence-electron chi connectivity index (χ1n) is 6.80. The van der Waals surface area contributed by atoms with Gasteiger partial charge in [0.15, 0.2) is 5.11 Å². The molecule has 4 nitrogen and oxygen atoms in total. The molecule has 2 aromatic rings. The Labute approximate surface area is 139 Å². The summed E-state index contributed by atoms with van der Waals surface area (Å²) in [5.41, 5.74) is 3.19. The molecule has 0 fully saturated rings. The quantitative estimate of drug-likeness (QED) is 0.834. The van der Waals surface area contributed by atoms with Gasteiger partial charge in [-0.05, 0) is 53.6 Å². The highest BCUT2D eigenvalue weighted by atomic mass is 79.9. The molecule has 0 saturated carbocycles. The van der Waals surface area contributed by atoms with E-state index in [1.807, 2.05) is 41.0 Å². The number of benzene rings is 1. The van der Waals surface area contributed by atoms with Crippen molar-refractivity contribution in [2.75, 3.05) is 12.4 Å². The third-order valence-corrected chi connectivity index (χ3v) is 4.31. The Balaban J connectivity index is 2.02. The Bertz CT molecular complexity index is 638. The normalized spacial score (nSPS) is 10.5. The van der Waals surface area contributed by atoms with Crippen LogP contribution in [-0.4, -0.2) is 26.8 Å². The van der Waals surface area contributed by atoms with Gasteiger partial charge in [-0.3, -0.25) is 4.68 Å². The van der Waals surface area contributed by atoms with Gasteiger partial charge < -0.3 is 10.2 Å². The van der Waals surface area contributed by atoms with Gasteiger partial charge in [-0.1, -0.05) is 18.2 Å². The lowest BCUT2D eigenvalue weighted by atomic mass is 10.2. The maximum Gasteiger partial charge on any atom is 0.173 e. The minimum absolute atomic E-state index is 0.658. The lowest BCUT2D eigenvalue weighted by Crippen LogP contribution is -2.31. The van der Waals surface area contributed by atoms with Gasteiger partial charge >= 0.3 is 0 Å². The molecule has 0 unspecified atom stereocenters. The Morgan fingerprint density at radius 1 is 1.43 bits per heavy atom. The summed E-state index contributed by atoms with van der Waals surface area (Å²) in [5, 5.41) is 8.48. The summed E-state index contributed by atoms with van der Waals surface area (Å²) < 4.78 is 2.92. The number of thiocarbonyl (C=S) groups is 1. The van der Waals surface area contributed by atoms with E-state index in [1.165, 1.54) is 5.56 Å². The molecule has 2 rings (SSSR count).